The van der Waals surface area contributed by atoms with E-state index >= 15 is 0 Å². The van der Waals surface area contributed by atoms with E-state index in [1.807, 2.05) is 0 Å². The van der Waals surface area contributed by atoms with Gasteiger partial charge in [0.2, 0.25) is 0 Å². The van der Waals surface area contributed by atoms with Crippen LogP contribution < -0.4 is 5.32 Å². The Hall–Kier alpha value is -0.620. The number of piperidine rings is 1. The molecule has 1 aliphatic rings. The first-order valence-electron chi connectivity index (χ1n) is 3.59. The summed E-state index contributed by atoms with van der Waals surface area (Å²) in [5.41, 5.74) is 0. The van der Waals surface area contributed by atoms with E-state index in [-0.39, 0.29) is 5.92 Å². The zero-order valence-corrected chi connectivity index (χ0v) is 5.81. The zero-order valence-electron chi connectivity index (χ0n) is 5.81. The lowest BCUT2D eigenvalue weighted by atomic mass is 9.94. The van der Waals surface area contributed by atoms with E-state index in [1.165, 1.54) is 0 Å². The topological polar surface area (TPSA) is 35.8 Å². The fourth-order valence-electron chi connectivity index (χ4n) is 1.24. The maximum atomic E-state index is 12.6. The van der Waals surface area contributed by atoms with Gasteiger partial charge in [0.25, 0.3) is 0 Å². The minimum atomic E-state index is -1.25. The molecule has 0 amide bonds. The Labute approximate surface area is 60.0 Å². The highest BCUT2D eigenvalue weighted by atomic mass is 19.1. The Kier molecular flexibility index (Phi) is 2.64. The highest BCUT2D eigenvalue weighted by molar-refractivity contribution is 4.90. The number of halogens is 1. The summed E-state index contributed by atoms with van der Waals surface area (Å²) in [7, 11) is 0. The quantitative estimate of drug-likeness (QED) is 0.589. The smallest absolute Gasteiger partial charge is 0.189 e. The Morgan fingerprint density at radius 3 is 2.60 bits per heavy atom. The molecule has 0 aromatic carbocycles. The lowest BCUT2D eigenvalue weighted by Crippen LogP contribution is -2.31. The van der Waals surface area contributed by atoms with E-state index < -0.39 is 6.17 Å². The molecule has 0 bridgehead atoms. The lowest BCUT2D eigenvalue weighted by molar-refractivity contribution is 0.236. The first kappa shape index (κ1) is 7.49. The molecule has 1 unspecified atom stereocenters. The monoisotopic (exact) mass is 142 g/mol. The van der Waals surface area contributed by atoms with E-state index in [2.05, 4.69) is 5.32 Å². The number of rotatable bonds is 1. The van der Waals surface area contributed by atoms with Crippen molar-refractivity contribution in [2.75, 3.05) is 13.1 Å². The third-order valence-corrected chi connectivity index (χ3v) is 1.92. The summed E-state index contributed by atoms with van der Waals surface area (Å²) in [4.78, 5) is 0. The van der Waals surface area contributed by atoms with Crippen LogP contribution in [0.25, 0.3) is 0 Å². The molecule has 3 heteroatoms. The van der Waals surface area contributed by atoms with Crippen LogP contribution in [0.3, 0.4) is 0 Å². The third kappa shape index (κ3) is 1.68. The molecule has 0 radical (unpaired) electrons. The minimum absolute atomic E-state index is 0.0220. The van der Waals surface area contributed by atoms with Crippen LogP contribution in [0.5, 0.6) is 0 Å². The highest BCUT2D eigenvalue weighted by Crippen LogP contribution is 2.17. The van der Waals surface area contributed by atoms with Gasteiger partial charge in [0.15, 0.2) is 6.17 Å². The fraction of sp³-hybridized carbons (Fsp3) is 0.857. The van der Waals surface area contributed by atoms with Gasteiger partial charge in [-0.2, -0.15) is 5.26 Å². The van der Waals surface area contributed by atoms with Gasteiger partial charge in [-0.1, -0.05) is 0 Å². The molecule has 1 aliphatic heterocycles. The van der Waals surface area contributed by atoms with Crippen molar-refractivity contribution in [2.24, 2.45) is 5.92 Å². The van der Waals surface area contributed by atoms with Crippen LogP contribution in [0, 0.1) is 17.2 Å². The average molecular weight is 142 g/mol. The molecule has 1 saturated heterocycles. The second-order valence-electron chi connectivity index (χ2n) is 2.62. The first-order valence-corrected chi connectivity index (χ1v) is 3.59. The Balaban J connectivity index is 2.33. The van der Waals surface area contributed by atoms with Gasteiger partial charge in [-0.25, -0.2) is 4.39 Å². The Morgan fingerprint density at radius 2 is 2.10 bits per heavy atom. The number of alkyl halides is 1. The molecule has 1 rings (SSSR count). The van der Waals surface area contributed by atoms with Crippen LogP contribution in [0.4, 0.5) is 4.39 Å². The first-order chi connectivity index (χ1) is 4.84. The molecule has 0 aromatic rings. The summed E-state index contributed by atoms with van der Waals surface area (Å²) in [5.74, 6) is -0.0220. The predicted octanol–water partition coefficient (Wildman–Crippen LogP) is 0.848. The molecule has 1 N–H and O–H groups in total. The summed E-state index contributed by atoms with van der Waals surface area (Å²) in [5, 5.41) is 11.4. The highest BCUT2D eigenvalue weighted by Gasteiger charge is 2.21. The van der Waals surface area contributed by atoms with Crippen molar-refractivity contribution in [3.63, 3.8) is 0 Å². The molecular weight excluding hydrogens is 131 g/mol. The van der Waals surface area contributed by atoms with E-state index in [0.717, 1.165) is 25.9 Å². The second-order valence-corrected chi connectivity index (χ2v) is 2.62. The predicted molar refractivity (Wildman–Crippen MR) is 36.1 cm³/mol. The molecule has 0 spiro atoms. The average Bonchev–Trinajstić information content (AvgIpc) is 2.05. The van der Waals surface area contributed by atoms with Gasteiger partial charge in [-0.3, -0.25) is 0 Å². The van der Waals surface area contributed by atoms with E-state index in [4.69, 9.17) is 5.26 Å². The fourth-order valence-corrected chi connectivity index (χ4v) is 1.24. The number of nitrogens with one attached hydrogen (secondary N) is 1. The van der Waals surface area contributed by atoms with Crippen molar-refractivity contribution in [3.05, 3.63) is 0 Å². The molecule has 0 saturated carbocycles. The van der Waals surface area contributed by atoms with Gasteiger partial charge in [0, 0.05) is 5.92 Å². The van der Waals surface area contributed by atoms with Gasteiger partial charge in [0.1, 0.15) is 6.07 Å². The maximum absolute atomic E-state index is 12.6. The molecular formula is C7H11FN2. The normalized spacial score (nSPS) is 23.6. The molecule has 1 atom stereocenters. The lowest BCUT2D eigenvalue weighted by Gasteiger charge is -2.21. The number of hydrogen-bond acceptors (Lipinski definition) is 2. The number of nitrogens with zero attached hydrogens (tertiary/aromatic N) is 1. The van der Waals surface area contributed by atoms with Crippen LogP contribution in [0.2, 0.25) is 0 Å². The summed E-state index contributed by atoms with van der Waals surface area (Å²) in [6, 6.07) is 1.64. The second kappa shape index (κ2) is 3.52. The van der Waals surface area contributed by atoms with Gasteiger partial charge >= 0.3 is 0 Å². The molecule has 1 fully saturated rings. The summed E-state index contributed by atoms with van der Waals surface area (Å²) in [6.07, 6.45) is 0.353. The number of hydrogen-bond donors (Lipinski definition) is 1. The van der Waals surface area contributed by atoms with Gasteiger partial charge < -0.3 is 5.32 Å². The minimum Gasteiger partial charge on any atom is -0.317 e. The standard InChI is InChI=1S/C7H11FN2/c8-7(5-9)6-1-3-10-4-2-6/h6-7,10H,1-4H2. The van der Waals surface area contributed by atoms with E-state index in [0.29, 0.717) is 0 Å². The van der Waals surface area contributed by atoms with Crippen molar-refractivity contribution in [2.45, 2.75) is 19.0 Å². The van der Waals surface area contributed by atoms with Crippen molar-refractivity contribution in [1.29, 1.82) is 5.26 Å². The van der Waals surface area contributed by atoms with Gasteiger partial charge in [0.05, 0.1) is 0 Å². The third-order valence-electron chi connectivity index (χ3n) is 1.92. The van der Waals surface area contributed by atoms with E-state index in [1.54, 1.807) is 6.07 Å². The SMILES string of the molecule is N#CC(F)C1CCNCC1. The van der Waals surface area contributed by atoms with Crippen LogP contribution in [-0.4, -0.2) is 19.3 Å². The molecule has 0 aromatic heterocycles. The Bertz CT molecular complexity index is 135. The summed E-state index contributed by atoms with van der Waals surface area (Å²) in [6.45, 7) is 1.71. The van der Waals surface area contributed by atoms with Crippen molar-refractivity contribution in [3.8, 4) is 6.07 Å². The number of nitriles is 1. The largest absolute Gasteiger partial charge is 0.317 e. The zero-order chi connectivity index (χ0) is 7.40. The molecule has 0 aliphatic carbocycles. The Morgan fingerprint density at radius 1 is 1.50 bits per heavy atom. The van der Waals surface area contributed by atoms with Crippen LogP contribution in [0.1, 0.15) is 12.8 Å². The molecule has 1 heterocycles. The van der Waals surface area contributed by atoms with Crippen LogP contribution in [-0.2, 0) is 0 Å². The maximum Gasteiger partial charge on any atom is 0.189 e. The van der Waals surface area contributed by atoms with Gasteiger partial charge in [-0.15, -0.1) is 0 Å². The van der Waals surface area contributed by atoms with Crippen molar-refractivity contribution in [1.82, 2.24) is 5.32 Å². The van der Waals surface area contributed by atoms with Crippen LogP contribution >= 0.6 is 0 Å². The molecule has 56 valence electrons. The van der Waals surface area contributed by atoms with Crippen molar-refractivity contribution >= 4 is 0 Å². The van der Waals surface area contributed by atoms with Gasteiger partial charge in [-0.05, 0) is 25.9 Å². The van der Waals surface area contributed by atoms with E-state index in [9.17, 15) is 4.39 Å². The summed E-state index contributed by atoms with van der Waals surface area (Å²) >= 11 is 0. The van der Waals surface area contributed by atoms with Crippen molar-refractivity contribution < 1.29 is 4.39 Å². The molecule has 2 nitrogen and oxygen atoms in total. The summed E-state index contributed by atoms with van der Waals surface area (Å²) < 4.78 is 12.6. The van der Waals surface area contributed by atoms with Crippen LogP contribution in [0.15, 0.2) is 0 Å². The molecule has 10 heavy (non-hydrogen) atoms.